The predicted octanol–water partition coefficient (Wildman–Crippen LogP) is 4.12. The van der Waals surface area contributed by atoms with E-state index in [0.29, 0.717) is 22.9 Å². The molecule has 6 nitrogen and oxygen atoms in total. The lowest BCUT2D eigenvalue weighted by Crippen LogP contribution is -2.32. The molecule has 30 heavy (non-hydrogen) atoms. The van der Waals surface area contributed by atoms with Crippen molar-refractivity contribution in [2.24, 2.45) is 0 Å². The van der Waals surface area contributed by atoms with Crippen LogP contribution in [0.15, 0.2) is 48.0 Å². The Morgan fingerprint density at radius 3 is 2.60 bits per heavy atom. The Balaban J connectivity index is 2.19. The van der Waals surface area contributed by atoms with Gasteiger partial charge in [0.25, 0.3) is 11.7 Å². The number of halogens is 1. The summed E-state index contributed by atoms with van der Waals surface area (Å²) in [6.45, 7) is 4.62. The lowest BCUT2D eigenvalue weighted by Gasteiger charge is -2.26. The van der Waals surface area contributed by atoms with Crippen molar-refractivity contribution < 1.29 is 24.2 Å². The molecule has 1 N–H and O–H groups in total. The van der Waals surface area contributed by atoms with Crippen LogP contribution in [0.4, 0.5) is 0 Å². The van der Waals surface area contributed by atoms with Gasteiger partial charge in [0.2, 0.25) is 0 Å². The average molecular weight is 430 g/mol. The molecule has 3 rings (SSSR count). The van der Waals surface area contributed by atoms with Crippen LogP contribution in [0.25, 0.3) is 5.76 Å². The normalized spacial score (nSPS) is 18.1. The first-order valence-electron chi connectivity index (χ1n) is 9.66. The molecule has 0 aromatic heterocycles. The molecular formula is C23H24ClNO5. The third kappa shape index (κ3) is 4.06. The molecule has 0 bridgehead atoms. The number of methoxy groups -OCH3 is 1. The summed E-state index contributed by atoms with van der Waals surface area (Å²) in [5, 5.41) is 11.5. The van der Waals surface area contributed by atoms with Crippen LogP contribution in [0.1, 0.15) is 29.7 Å². The monoisotopic (exact) mass is 429 g/mol. The second kappa shape index (κ2) is 9.32. The number of carbonyl (C=O) groups is 2. The van der Waals surface area contributed by atoms with Gasteiger partial charge < -0.3 is 19.5 Å². The van der Waals surface area contributed by atoms with Crippen LogP contribution >= 0.6 is 11.6 Å². The fourth-order valence-electron chi connectivity index (χ4n) is 3.59. The smallest absolute Gasteiger partial charge is 0.295 e. The van der Waals surface area contributed by atoms with Gasteiger partial charge in [-0.1, -0.05) is 35.9 Å². The molecule has 1 aliphatic heterocycles. The highest BCUT2D eigenvalue weighted by Gasteiger charge is 2.46. The minimum atomic E-state index is -0.732. The molecule has 2 aromatic rings. The van der Waals surface area contributed by atoms with E-state index in [1.54, 1.807) is 18.2 Å². The molecular weight excluding hydrogens is 406 g/mol. The summed E-state index contributed by atoms with van der Waals surface area (Å²) < 4.78 is 10.6. The van der Waals surface area contributed by atoms with E-state index in [1.807, 2.05) is 38.1 Å². The van der Waals surface area contributed by atoms with Crippen LogP contribution in [0.2, 0.25) is 5.02 Å². The number of nitrogens with zero attached hydrogens (tertiary/aromatic N) is 1. The van der Waals surface area contributed by atoms with Crippen molar-refractivity contribution in [1.82, 2.24) is 4.90 Å². The lowest BCUT2D eigenvalue weighted by atomic mass is 9.92. The summed E-state index contributed by atoms with van der Waals surface area (Å²) in [6.07, 6.45) is 0. The van der Waals surface area contributed by atoms with E-state index < -0.39 is 17.7 Å². The predicted molar refractivity (Wildman–Crippen MR) is 115 cm³/mol. The highest BCUT2D eigenvalue weighted by Crippen LogP contribution is 2.41. The van der Waals surface area contributed by atoms with Gasteiger partial charge >= 0.3 is 0 Å². The van der Waals surface area contributed by atoms with Gasteiger partial charge in [-0.3, -0.25) is 9.59 Å². The first-order valence-corrected chi connectivity index (χ1v) is 10.0. The number of aryl methyl sites for hydroxylation is 1. The number of benzene rings is 2. The molecule has 7 heteroatoms. The topological polar surface area (TPSA) is 76.1 Å². The number of ketones is 1. The van der Waals surface area contributed by atoms with E-state index >= 15 is 0 Å². The van der Waals surface area contributed by atoms with Gasteiger partial charge in [0.15, 0.2) is 0 Å². The summed E-state index contributed by atoms with van der Waals surface area (Å²) in [5.74, 6) is -1.27. The average Bonchev–Trinajstić information content (AvgIpc) is 2.98. The number of amides is 1. The number of carbonyl (C=O) groups excluding carboxylic acids is 2. The van der Waals surface area contributed by atoms with Crippen LogP contribution < -0.4 is 4.74 Å². The second-order valence-electron chi connectivity index (χ2n) is 6.92. The van der Waals surface area contributed by atoms with Crippen LogP contribution in [-0.2, 0) is 14.3 Å². The highest BCUT2D eigenvalue weighted by molar-refractivity contribution is 6.46. The molecule has 1 aliphatic rings. The van der Waals surface area contributed by atoms with Gasteiger partial charge in [-0.15, -0.1) is 0 Å². The van der Waals surface area contributed by atoms with Crippen LogP contribution in [-0.4, -0.2) is 48.6 Å². The second-order valence-corrected chi connectivity index (χ2v) is 7.33. The fraction of sp³-hybridized carbons (Fsp3) is 0.304. The Bertz CT molecular complexity index is 1000. The van der Waals surface area contributed by atoms with Crippen molar-refractivity contribution in [1.29, 1.82) is 0 Å². The molecule has 0 radical (unpaired) electrons. The molecule has 1 unspecified atom stereocenters. The fourth-order valence-corrected chi connectivity index (χ4v) is 3.76. The van der Waals surface area contributed by atoms with E-state index in [0.717, 1.165) is 11.1 Å². The molecule has 0 spiro atoms. The zero-order chi connectivity index (χ0) is 21.8. The van der Waals surface area contributed by atoms with E-state index in [4.69, 9.17) is 21.1 Å². The first-order chi connectivity index (χ1) is 14.4. The third-order valence-corrected chi connectivity index (χ3v) is 5.38. The maximum atomic E-state index is 13.0. The maximum absolute atomic E-state index is 13.0. The molecule has 0 saturated carbocycles. The van der Waals surface area contributed by atoms with Crippen molar-refractivity contribution in [3.05, 3.63) is 69.8 Å². The summed E-state index contributed by atoms with van der Waals surface area (Å²) in [4.78, 5) is 27.2. The SMILES string of the molecule is CCOc1cc(/C(O)=C2\C(=O)C(=O)N(CCOC)C2c2ccccc2C)ccc1Cl. The van der Waals surface area contributed by atoms with Crippen molar-refractivity contribution in [3.63, 3.8) is 0 Å². The zero-order valence-electron chi connectivity index (χ0n) is 17.1. The Labute approximate surface area is 180 Å². The van der Waals surface area contributed by atoms with Crippen LogP contribution in [0.3, 0.4) is 0 Å². The Morgan fingerprint density at radius 1 is 1.20 bits per heavy atom. The number of hydrogen-bond acceptors (Lipinski definition) is 5. The van der Waals surface area contributed by atoms with E-state index in [2.05, 4.69) is 0 Å². The number of rotatable bonds is 7. The molecule has 2 aromatic carbocycles. The quantitative estimate of drug-likeness (QED) is 0.407. The first kappa shape index (κ1) is 21.9. The van der Waals surface area contributed by atoms with Crippen LogP contribution in [0, 0.1) is 6.92 Å². The molecule has 1 saturated heterocycles. The van der Waals surface area contributed by atoms with Crippen molar-refractivity contribution >= 4 is 29.1 Å². The Morgan fingerprint density at radius 2 is 1.93 bits per heavy atom. The summed E-state index contributed by atoms with van der Waals surface area (Å²) >= 11 is 6.15. The zero-order valence-corrected chi connectivity index (χ0v) is 17.9. The van der Waals surface area contributed by atoms with E-state index in [9.17, 15) is 14.7 Å². The number of aliphatic hydroxyl groups is 1. The largest absolute Gasteiger partial charge is 0.507 e. The van der Waals surface area contributed by atoms with Gasteiger partial charge in [0.05, 0.1) is 29.9 Å². The van der Waals surface area contributed by atoms with Crippen molar-refractivity contribution in [2.75, 3.05) is 26.9 Å². The van der Waals surface area contributed by atoms with Gasteiger partial charge in [-0.25, -0.2) is 0 Å². The molecule has 0 aliphatic carbocycles. The molecule has 1 amide bonds. The Kier molecular flexibility index (Phi) is 6.80. The summed E-state index contributed by atoms with van der Waals surface area (Å²) in [6, 6.07) is 11.5. The standard InChI is InChI=1S/C23H24ClNO5/c1-4-30-18-13-15(9-10-17(18)24)21(26)19-20(16-8-6-5-7-14(16)2)25(11-12-29-3)23(28)22(19)27/h5-10,13,20,26H,4,11-12H2,1-3H3/b21-19+. The van der Waals surface area contributed by atoms with Crippen molar-refractivity contribution in [2.45, 2.75) is 19.9 Å². The summed E-state index contributed by atoms with van der Waals surface area (Å²) in [7, 11) is 1.53. The highest BCUT2D eigenvalue weighted by atomic mass is 35.5. The number of Topliss-reactive ketones (excluding diaryl/α,β-unsaturated/α-hetero) is 1. The van der Waals surface area contributed by atoms with E-state index in [1.165, 1.54) is 12.0 Å². The van der Waals surface area contributed by atoms with Gasteiger partial charge in [0, 0.05) is 19.2 Å². The molecule has 1 heterocycles. The maximum Gasteiger partial charge on any atom is 0.295 e. The van der Waals surface area contributed by atoms with E-state index in [-0.39, 0.29) is 24.5 Å². The molecule has 1 atom stereocenters. The molecule has 1 fully saturated rings. The summed E-state index contributed by atoms with van der Waals surface area (Å²) in [5.41, 5.74) is 2.07. The molecule has 158 valence electrons. The third-order valence-electron chi connectivity index (χ3n) is 5.06. The van der Waals surface area contributed by atoms with Gasteiger partial charge in [0.1, 0.15) is 11.5 Å². The lowest BCUT2D eigenvalue weighted by molar-refractivity contribution is -0.140. The van der Waals surface area contributed by atoms with Gasteiger partial charge in [-0.2, -0.15) is 0 Å². The minimum Gasteiger partial charge on any atom is -0.507 e. The number of aliphatic hydroxyl groups excluding tert-OH is 1. The number of hydrogen-bond donors (Lipinski definition) is 1. The van der Waals surface area contributed by atoms with Crippen LogP contribution in [0.5, 0.6) is 5.75 Å². The minimum absolute atomic E-state index is 0.0372. The van der Waals surface area contributed by atoms with Gasteiger partial charge in [-0.05, 0) is 43.2 Å². The Hall–Kier alpha value is -2.83. The van der Waals surface area contributed by atoms with Crippen molar-refractivity contribution in [3.8, 4) is 5.75 Å². The number of likely N-dealkylation sites (tertiary alicyclic amines) is 1. The number of ether oxygens (including phenoxy) is 2.